The minimum absolute atomic E-state index is 0.143. The Morgan fingerprint density at radius 1 is 1.00 bits per heavy atom. The first kappa shape index (κ1) is 22.8. The van der Waals surface area contributed by atoms with E-state index >= 15 is 0 Å². The third-order valence-corrected chi connectivity index (χ3v) is 5.83. The lowest BCUT2D eigenvalue weighted by Gasteiger charge is -2.34. The van der Waals surface area contributed by atoms with Crippen LogP contribution in [0.1, 0.15) is 0 Å². The molecule has 7 nitrogen and oxygen atoms in total. The van der Waals surface area contributed by atoms with Gasteiger partial charge in [0.1, 0.15) is 0 Å². The quantitative estimate of drug-likeness (QED) is 0.530. The van der Waals surface area contributed by atoms with Crippen molar-refractivity contribution in [1.29, 1.82) is 0 Å². The zero-order valence-corrected chi connectivity index (χ0v) is 15.2. The average molecular weight is 445 g/mol. The Balaban J connectivity index is 2.04. The lowest BCUT2D eigenvalue weighted by Crippen LogP contribution is -2.53. The Kier molecular flexibility index (Phi) is 6.33. The molecule has 0 saturated carbocycles. The highest BCUT2D eigenvalue weighted by Crippen LogP contribution is 2.36. The molecule has 1 aromatic rings. The lowest BCUT2D eigenvalue weighted by atomic mass is 10.3. The summed E-state index contributed by atoms with van der Waals surface area (Å²) in [6.07, 6.45) is -17.8. The van der Waals surface area contributed by atoms with E-state index in [1.165, 1.54) is 24.3 Å². The van der Waals surface area contributed by atoms with Gasteiger partial charge in [0, 0.05) is 26.2 Å². The van der Waals surface area contributed by atoms with Crippen LogP contribution in [-0.4, -0.2) is 68.4 Å². The number of nitrogens with zero attached hydrogens (tertiary/aromatic N) is 3. The second kappa shape index (κ2) is 8.07. The Morgan fingerprint density at radius 2 is 1.48 bits per heavy atom. The standard InChI is InChI=1S/C15H13F6N3O4S/c1-22-10-2-4-11(5-3-10)29(26,27)24-8-6-23(7-9-24)13(25)28-12(14(16,17)18)15(19,20)21/h2-5,12H,6-9H2. The minimum Gasteiger partial charge on any atom is -0.426 e. The van der Waals surface area contributed by atoms with Crippen molar-refractivity contribution in [2.24, 2.45) is 0 Å². The molecular weight excluding hydrogens is 432 g/mol. The Morgan fingerprint density at radius 3 is 1.90 bits per heavy atom. The van der Waals surface area contributed by atoms with E-state index in [-0.39, 0.29) is 23.7 Å². The Labute approximate surface area is 161 Å². The number of alkyl halides is 6. The number of amides is 1. The summed E-state index contributed by atoms with van der Waals surface area (Å²) in [5, 5.41) is 0. The van der Waals surface area contributed by atoms with E-state index in [2.05, 4.69) is 9.58 Å². The number of carbonyl (C=O) groups is 1. The Bertz CT molecular complexity index is 871. The fraction of sp³-hybridized carbons (Fsp3) is 0.467. The third-order valence-electron chi connectivity index (χ3n) is 3.91. The normalized spacial score (nSPS) is 16.6. The fourth-order valence-electron chi connectivity index (χ4n) is 2.45. The highest BCUT2D eigenvalue weighted by Gasteiger charge is 2.60. The predicted molar refractivity (Wildman–Crippen MR) is 85.4 cm³/mol. The van der Waals surface area contributed by atoms with Gasteiger partial charge in [-0.3, -0.25) is 0 Å². The molecule has 1 aliphatic rings. The monoisotopic (exact) mass is 445 g/mol. The highest BCUT2D eigenvalue weighted by atomic mass is 32.2. The summed E-state index contributed by atoms with van der Waals surface area (Å²) in [4.78, 5) is 15.2. The van der Waals surface area contributed by atoms with E-state index in [1.54, 1.807) is 0 Å². The van der Waals surface area contributed by atoms with Crippen LogP contribution < -0.4 is 0 Å². The number of hydrogen-bond acceptors (Lipinski definition) is 4. The first-order valence-electron chi connectivity index (χ1n) is 7.83. The van der Waals surface area contributed by atoms with Gasteiger partial charge in [0.2, 0.25) is 10.0 Å². The molecular formula is C15H13F6N3O4S. The first-order valence-corrected chi connectivity index (χ1v) is 9.27. The van der Waals surface area contributed by atoms with Gasteiger partial charge in [-0.15, -0.1) is 0 Å². The molecule has 0 unspecified atom stereocenters. The maximum Gasteiger partial charge on any atom is 0.434 e. The van der Waals surface area contributed by atoms with Gasteiger partial charge in [0.15, 0.2) is 5.69 Å². The van der Waals surface area contributed by atoms with Crippen molar-refractivity contribution in [3.8, 4) is 0 Å². The molecule has 1 aliphatic heterocycles. The van der Waals surface area contributed by atoms with Gasteiger partial charge in [-0.1, -0.05) is 24.3 Å². The van der Waals surface area contributed by atoms with E-state index in [0.717, 1.165) is 4.31 Å². The molecule has 1 amide bonds. The summed E-state index contributed by atoms with van der Waals surface area (Å²) in [6, 6.07) is 4.95. The van der Waals surface area contributed by atoms with Crippen molar-refractivity contribution >= 4 is 21.8 Å². The first-order chi connectivity index (χ1) is 13.3. The van der Waals surface area contributed by atoms with Crippen LogP contribution in [0.3, 0.4) is 0 Å². The topological polar surface area (TPSA) is 71.3 Å². The highest BCUT2D eigenvalue weighted by molar-refractivity contribution is 7.89. The van der Waals surface area contributed by atoms with Crippen LogP contribution in [0.15, 0.2) is 29.2 Å². The fourth-order valence-corrected chi connectivity index (χ4v) is 3.87. The number of sulfonamides is 1. The number of ether oxygens (including phenoxy) is 1. The van der Waals surface area contributed by atoms with Crippen molar-refractivity contribution in [1.82, 2.24) is 9.21 Å². The molecule has 14 heteroatoms. The number of benzene rings is 1. The number of halogens is 6. The predicted octanol–water partition coefficient (Wildman–Crippen LogP) is 3.17. The van der Waals surface area contributed by atoms with Gasteiger partial charge >= 0.3 is 18.4 Å². The molecule has 29 heavy (non-hydrogen) atoms. The summed E-state index contributed by atoms with van der Waals surface area (Å²) < 4.78 is 104. The van der Waals surface area contributed by atoms with E-state index in [0.29, 0.717) is 4.90 Å². The largest absolute Gasteiger partial charge is 0.434 e. The number of carbonyl (C=O) groups excluding carboxylic acids is 1. The molecule has 0 atom stereocenters. The van der Waals surface area contributed by atoms with Gasteiger partial charge in [-0.05, 0) is 0 Å². The maximum absolute atomic E-state index is 12.5. The van der Waals surface area contributed by atoms with Crippen LogP contribution in [0.5, 0.6) is 0 Å². The van der Waals surface area contributed by atoms with Gasteiger partial charge in [0.25, 0.3) is 6.10 Å². The molecule has 0 bridgehead atoms. The molecule has 0 radical (unpaired) electrons. The number of hydrogen-bond donors (Lipinski definition) is 0. The SMILES string of the molecule is [C-]#[N+]c1ccc(S(=O)(=O)N2CCN(C(=O)OC(C(F)(F)F)C(F)(F)F)CC2)cc1. The summed E-state index contributed by atoms with van der Waals surface area (Å²) in [6.45, 7) is 5.20. The smallest absolute Gasteiger partial charge is 0.426 e. The number of rotatable bonds is 3. The van der Waals surface area contributed by atoms with Crippen molar-refractivity contribution in [3.63, 3.8) is 0 Å². The second-order valence-electron chi connectivity index (χ2n) is 5.84. The van der Waals surface area contributed by atoms with Crippen LogP contribution in [-0.2, 0) is 14.8 Å². The molecule has 0 aliphatic carbocycles. The molecule has 2 rings (SSSR count). The third kappa shape index (κ3) is 5.30. The lowest BCUT2D eigenvalue weighted by molar-refractivity contribution is -0.308. The van der Waals surface area contributed by atoms with E-state index < -0.39 is 47.7 Å². The Hall–Kier alpha value is -2.53. The molecule has 0 spiro atoms. The molecule has 1 saturated heterocycles. The van der Waals surface area contributed by atoms with Crippen LogP contribution in [0.4, 0.5) is 36.8 Å². The van der Waals surface area contributed by atoms with Crippen molar-refractivity contribution < 1.29 is 44.3 Å². The van der Waals surface area contributed by atoms with Crippen molar-refractivity contribution in [2.45, 2.75) is 23.4 Å². The molecule has 1 heterocycles. The van der Waals surface area contributed by atoms with Crippen molar-refractivity contribution in [3.05, 3.63) is 35.7 Å². The second-order valence-corrected chi connectivity index (χ2v) is 7.78. The van der Waals surface area contributed by atoms with Gasteiger partial charge in [-0.2, -0.15) is 30.6 Å². The minimum atomic E-state index is -5.84. The summed E-state index contributed by atoms with van der Waals surface area (Å²) in [5.41, 5.74) is 0.209. The molecule has 160 valence electrons. The zero-order chi connectivity index (χ0) is 22.0. The van der Waals surface area contributed by atoms with Gasteiger partial charge < -0.3 is 9.64 Å². The summed E-state index contributed by atoms with van der Waals surface area (Å²) >= 11 is 0. The van der Waals surface area contributed by atoms with Crippen molar-refractivity contribution in [2.75, 3.05) is 26.2 Å². The van der Waals surface area contributed by atoms with Crippen LogP contribution in [0, 0.1) is 6.57 Å². The molecule has 0 aromatic heterocycles. The van der Waals surface area contributed by atoms with Gasteiger partial charge in [-0.25, -0.2) is 18.1 Å². The van der Waals surface area contributed by atoms with E-state index in [4.69, 9.17) is 6.57 Å². The molecule has 1 fully saturated rings. The van der Waals surface area contributed by atoms with Crippen LogP contribution >= 0.6 is 0 Å². The number of piperazine rings is 1. The van der Waals surface area contributed by atoms with Gasteiger partial charge in [0.05, 0.1) is 11.5 Å². The maximum atomic E-state index is 12.5. The van der Waals surface area contributed by atoms with Crippen LogP contribution in [0.2, 0.25) is 0 Å². The average Bonchev–Trinajstić information content (AvgIpc) is 2.64. The zero-order valence-electron chi connectivity index (χ0n) is 14.4. The summed E-state index contributed by atoms with van der Waals surface area (Å²) in [5.74, 6) is 0. The van der Waals surface area contributed by atoms with E-state index in [1.807, 2.05) is 0 Å². The van der Waals surface area contributed by atoms with E-state index in [9.17, 15) is 39.6 Å². The molecule has 0 N–H and O–H groups in total. The summed E-state index contributed by atoms with van der Waals surface area (Å²) in [7, 11) is -4.01. The molecule has 1 aromatic carbocycles. The van der Waals surface area contributed by atoms with Crippen LogP contribution in [0.25, 0.3) is 4.85 Å².